The third-order valence-electron chi connectivity index (χ3n) is 3.44. The summed E-state index contributed by atoms with van der Waals surface area (Å²) in [5.74, 6) is 5.81. The SMILES string of the molecule is CC(C)(C)c1cc(C(=O)N2CCC(O)C2)cc(NN)n1. The molecule has 6 nitrogen and oxygen atoms in total. The Morgan fingerprint density at radius 2 is 2.20 bits per heavy atom. The molecule has 1 aliphatic rings. The number of nitrogens with zero attached hydrogens (tertiary/aromatic N) is 2. The van der Waals surface area contributed by atoms with Crippen LogP contribution in [0.15, 0.2) is 12.1 Å². The molecule has 0 spiro atoms. The Labute approximate surface area is 119 Å². The predicted octanol–water partition coefficient (Wildman–Crippen LogP) is 0.871. The molecule has 0 saturated carbocycles. The van der Waals surface area contributed by atoms with E-state index in [0.29, 0.717) is 30.9 Å². The fourth-order valence-corrected chi connectivity index (χ4v) is 2.22. The number of hydrazine groups is 1. The standard InChI is InChI=1S/C14H22N4O2/c1-14(2,3)11-6-9(7-12(16-11)17-15)13(20)18-5-4-10(19)8-18/h6-7,10,19H,4-5,8,15H2,1-3H3,(H,16,17). The number of nitrogens with two attached hydrogens (primary N) is 1. The zero-order chi connectivity index (χ0) is 14.9. The van der Waals surface area contributed by atoms with Crippen molar-refractivity contribution in [2.75, 3.05) is 18.5 Å². The highest BCUT2D eigenvalue weighted by Crippen LogP contribution is 2.24. The van der Waals surface area contributed by atoms with Crippen molar-refractivity contribution >= 4 is 11.7 Å². The van der Waals surface area contributed by atoms with E-state index in [1.807, 2.05) is 20.8 Å². The Bertz CT molecular complexity index is 510. The number of aromatic nitrogens is 1. The quantitative estimate of drug-likeness (QED) is 0.551. The van der Waals surface area contributed by atoms with E-state index < -0.39 is 6.10 Å². The highest BCUT2D eigenvalue weighted by atomic mass is 16.3. The first kappa shape index (κ1) is 14.7. The highest BCUT2D eigenvalue weighted by molar-refractivity contribution is 5.95. The number of β-amino-alcohol motifs (C(OH)–C–C–N with tert-alkyl or cyclic N) is 1. The number of aliphatic hydroxyl groups excluding tert-OH is 1. The van der Waals surface area contributed by atoms with Crippen LogP contribution in [0.25, 0.3) is 0 Å². The van der Waals surface area contributed by atoms with E-state index in [1.165, 1.54) is 0 Å². The Morgan fingerprint density at radius 1 is 1.50 bits per heavy atom. The van der Waals surface area contributed by atoms with Crippen molar-refractivity contribution in [1.29, 1.82) is 0 Å². The van der Waals surface area contributed by atoms with Gasteiger partial charge < -0.3 is 15.4 Å². The molecule has 1 fully saturated rings. The van der Waals surface area contributed by atoms with Gasteiger partial charge in [0.15, 0.2) is 0 Å². The number of carbonyl (C=O) groups is 1. The molecule has 0 aromatic carbocycles. The van der Waals surface area contributed by atoms with Gasteiger partial charge in [0.05, 0.1) is 6.10 Å². The largest absolute Gasteiger partial charge is 0.391 e. The molecule has 2 rings (SSSR count). The first-order chi connectivity index (χ1) is 9.31. The molecule has 1 amide bonds. The van der Waals surface area contributed by atoms with Gasteiger partial charge in [0.2, 0.25) is 0 Å². The highest BCUT2D eigenvalue weighted by Gasteiger charge is 2.27. The van der Waals surface area contributed by atoms with Crippen LogP contribution in [0.1, 0.15) is 43.2 Å². The van der Waals surface area contributed by atoms with Crippen LogP contribution in [-0.4, -0.2) is 40.1 Å². The fourth-order valence-electron chi connectivity index (χ4n) is 2.22. The summed E-state index contributed by atoms with van der Waals surface area (Å²) in [6.07, 6.45) is 0.209. The van der Waals surface area contributed by atoms with Gasteiger partial charge in [-0.05, 0) is 18.6 Å². The molecule has 0 radical (unpaired) electrons. The summed E-state index contributed by atoms with van der Waals surface area (Å²) in [5, 5.41) is 9.54. The summed E-state index contributed by atoms with van der Waals surface area (Å²) in [7, 11) is 0. The lowest BCUT2D eigenvalue weighted by Gasteiger charge is -2.21. The Kier molecular flexibility index (Phi) is 3.96. The van der Waals surface area contributed by atoms with Crippen molar-refractivity contribution in [1.82, 2.24) is 9.88 Å². The number of anilines is 1. The van der Waals surface area contributed by atoms with Gasteiger partial charge >= 0.3 is 0 Å². The number of aliphatic hydroxyl groups is 1. The lowest BCUT2D eigenvalue weighted by molar-refractivity contribution is 0.0764. The molecule has 1 unspecified atom stereocenters. The van der Waals surface area contributed by atoms with E-state index in [2.05, 4.69) is 10.4 Å². The molecule has 20 heavy (non-hydrogen) atoms. The van der Waals surface area contributed by atoms with Crippen LogP contribution in [-0.2, 0) is 5.41 Å². The van der Waals surface area contributed by atoms with Gasteiger partial charge in [-0.3, -0.25) is 4.79 Å². The van der Waals surface area contributed by atoms with Crippen molar-refractivity contribution in [3.63, 3.8) is 0 Å². The minimum Gasteiger partial charge on any atom is -0.391 e. The number of likely N-dealkylation sites (tertiary alicyclic amines) is 1. The average Bonchev–Trinajstić information content (AvgIpc) is 2.83. The molecule has 4 N–H and O–H groups in total. The van der Waals surface area contributed by atoms with E-state index in [-0.39, 0.29) is 11.3 Å². The van der Waals surface area contributed by atoms with Gasteiger partial charge in [0.1, 0.15) is 5.82 Å². The second kappa shape index (κ2) is 5.38. The van der Waals surface area contributed by atoms with Crippen LogP contribution in [0.2, 0.25) is 0 Å². The van der Waals surface area contributed by atoms with Gasteiger partial charge in [0, 0.05) is 29.8 Å². The number of carbonyl (C=O) groups excluding carboxylic acids is 1. The van der Waals surface area contributed by atoms with Crippen molar-refractivity contribution in [2.45, 2.75) is 38.7 Å². The van der Waals surface area contributed by atoms with Gasteiger partial charge in [-0.2, -0.15) is 0 Å². The topological polar surface area (TPSA) is 91.5 Å². The normalized spacial score (nSPS) is 19.2. The minimum absolute atomic E-state index is 0.0917. The molecule has 2 heterocycles. The lowest BCUT2D eigenvalue weighted by atomic mass is 9.90. The van der Waals surface area contributed by atoms with Gasteiger partial charge in [0.25, 0.3) is 5.91 Å². The number of amides is 1. The molecule has 0 aliphatic carbocycles. The zero-order valence-electron chi connectivity index (χ0n) is 12.2. The molecule has 0 bridgehead atoms. The number of nitrogens with one attached hydrogen (secondary N) is 1. The van der Waals surface area contributed by atoms with Crippen LogP contribution in [0.5, 0.6) is 0 Å². The third-order valence-corrected chi connectivity index (χ3v) is 3.44. The summed E-state index contributed by atoms with van der Waals surface area (Å²) >= 11 is 0. The van der Waals surface area contributed by atoms with E-state index in [0.717, 1.165) is 5.69 Å². The van der Waals surface area contributed by atoms with Crippen LogP contribution >= 0.6 is 0 Å². The van der Waals surface area contributed by atoms with Crippen LogP contribution < -0.4 is 11.3 Å². The summed E-state index contributed by atoms with van der Waals surface area (Å²) < 4.78 is 0. The van der Waals surface area contributed by atoms with E-state index in [9.17, 15) is 9.90 Å². The Balaban J connectivity index is 2.33. The van der Waals surface area contributed by atoms with Crippen LogP contribution in [0.3, 0.4) is 0 Å². The maximum atomic E-state index is 12.5. The molecule has 1 aromatic rings. The number of nitrogen functional groups attached to an aromatic ring is 1. The number of hydrogen-bond acceptors (Lipinski definition) is 5. The second-order valence-corrected chi connectivity index (χ2v) is 6.21. The third kappa shape index (κ3) is 3.08. The predicted molar refractivity (Wildman–Crippen MR) is 77.3 cm³/mol. The molecular formula is C14H22N4O2. The number of pyridine rings is 1. The summed E-state index contributed by atoms with van der Waals surface area (Å²) in [6.45, 7) is 7.06. The smallest absolute Gasteiger partial charge is 0.254 e. The fraction of sp³-hybridized carbons (Fsp3) is 0.571. The molecule has 6 heteroatoms. The van der Waals surface area contributed by atoms with Crippen molar-refractivity contribution < 1.29 is 9.90 Å². The first-order valence-electron chi connectivity index (χ1n) is 6.78. The van der Waals surface area contributed by atoms with Crippen molar-refractivity contribution in [3.05, 3.63) is 23.4 Å². The Hall–Kier alpha value is -1.66. The van der Waals surface area contributed by atoms with Crippen LogP contribution in [0.4, 0.5) is 5.82 Å². The van der Waals surface area contributed by atoms with Crippen LogP contribution in [0, 0.1) is 0 Å². The lowest BCUT2D eigenvalue weighted by Crippen LogP contribution is -2.30. The molecule has 1 aliphatic heterocycles. The van der Waals surface area contributed by atoms with E-state index in [1.54, 1.807) is 17.0 Å². The summed E-state index contributed by atoms with van der Waals surface area (Å²) in [6, 6.07) is 3.44. The average molecular weight is 278 g/mol. The van der Waals surface area contributed by atoms with Gasteiger partial charge in [-0.15, -0.1) is 0 Å². The zero-order valence-corrected chi connectivity index (χ0v) is 12.2. The summed E-state index contributed by atoms with van der Waals surface area (Å²) in [5.41, 5.74) is 3.68. The molecule has 1 atom stereocenters. The maximum Gasteiger partial charge on any atom is 0.254 e. The second-order valence-electron chi connectivity index (χ2n) is 6.21. The first-order valence-corrected chi connectivity index (χ1v) is 6.78. The van der Waals surface area contributed by atoms with Crippen molar-refractivity contribution in [2.24, 2.45) is 5.84 Å². The van der Waals surface area contributed by atoms with Gasteiger partial charge in [-0.25, -0.2) is 10.8 Å². The molecule has 1 saturated heterocycles. The van der Waals surface area contributed by atoms with Crippen molar-refractivity contribution in [3.8, 4) is 0 Å². The number of rotatable bonds is 2. The molecule has 1 aromatic heterocycles. The van der Waals surface area contributed by atoms with E-state index >= 15 is 0 Å². The van der Waals surface area contributed by atoms with E-state index in [4.69, 9.17) is 5.84 Å². The minimum atomic E-state index is -0.421. The number of hydrogen-bond donors (Lipinski definition) is 3. The van der Waals surface area contributed by atoms with Gasteiger partial charge in [-0.1, -0.05) is 20.8 Å². The monoisotopic (exact) mass is 278 g/mol. The Morgan fingerprint density at radius 3 is 2.70 bits per heavy atom. The summed E-state index contributed by atoms with van der Waals surface area (Å²) in [4.78, 5) is 18.5. The molecule has 110 valence electrons. The molecular weight excluding hydrogens is 256 g/mol. The maximum absolute atomic E-state index is 12.5.